The van der Waals surface area contributed by atoms with Crippen LogP contribution < -0.4 is 16.4 Å². The van der Waals surface area contributed by atoms with Crippen molar-refractivity contribution < 1.29 is 9.59 Å². The fraction of sp³-hybridized carbons (Fsp3) is 0.412. The molecule has 0 saturated heterocycles. The molecule has 5 N–H and O–H groups in total. The maximum atomic E-state index is 11.9. The molecule has 1 heterocycles. The molecule has 2 rings (SSSR count). The maximum absolute atomic E-state index is 11.9. The highest BCUT2D eigenvalue weighted by Gasteiger charge is 2.16. The predicted molar refractivity (Wildman–Crippen MR) is 103 cm³/mol. The lowest BCUT2D eigenvalue weighted by molar-refractivity contribution is -0.125. The minimum atomic E-state index is -0.279. The van der Waals surface area contributed by atoms with E-state index in [1.165, 1.54) is 0 Å². The Morgan fingerprint density at radius 3 is 2.35 bits per heavy atom. The van der Waals surface area contributed by atoms with Crippen molar-refractivity contribution in [3.05, 3.63) is 30.1 Å². The first-order valence-corrected chi connectivity index (χ1v) is 8.05. The van der Waals surface area contributed by atoms with Gasteiger partial charge in [0, 0.05) is 17.7 Å². The molecule has 0 aliphatic carbocycles. The zero-order valence-corrected chi connectivity index (χ0v) is 15.9. The number of rotatable bonds is 6. The number of hydrogen-bond acceptors (Lipinski definition) is 5. The Hall–Kier alpha value is -2.45. The van der Waals surface area contributed by atoms with Crippen LogP contribution in [0.5, 0.6) is 0 Å². The van der Waals surface area contributed by atoms with Crippen LogP contribution in [0.25, 0.3) is 11.4 Å². The van der Waals surface area contributed by atoms with Crippen LogP contribution >= 0.6 is 12.4 Å². The van der Waals surface area contributed by atoms with Gasteiger partial charge in [-0.15, -0.1) is 12.4 Å². The lowest BCUT2D eigenvalue weighted by Gasteiger charge is -2.17. The molecule has 2 aromatic rings. The molecular formula is C17H25ClN6O2. The van der Waals surface area contributed by atoms with E-state index in [2.05, 4.69) is 25.8 Å². The van der Waals surface area contributed by atoms with E-state index in [1.807, 2.05) is 20.8 Å². The minimum Gasteiger partial charge on any atom is -0.347 e. The number of benzene rings is 1. The molecule has 0 radical (unpaired) electrons. The summed E-state index contributed by atoms with van der Waals surface area (Å²) in [5, 5.41) is 12.2. The quantitative estimate of drug-likeness (QED) is 0.608. The van der Waals surface area contributed by atoms with Gasteiger partial charge in [0.2, 0.25) is 11.8 Å². The van der Waals surface area contributed by atoms with Gasteiger partial charge in [-0.05, 0) is 29.7 Å². The molecule has 8 nitrogen and oxygen atoms in total. The van der Waals surface area contributed by atoms with Crippen LogP contribution in [-0.4, -0.2) is 33.5 Å². The van der Waals surface area contributed by atoms with Gasteiger partial charge in [0.15, 0.2) is 5.82 Å². The molecule has 0 saturated carbocycles. The Balaban J connectivity index is 0.00000338. The van der Waals surface area contributed by atoms with Gasteiger partial charge >= 0.3 is 0 Å². The third-order valence-corrected chi connectivity index (χ3v) is 3.29. The van der Waals surface area contributed by atoms with Crippen LogP contribution in [0.15, 0.2) is 24.3 Å². The van der Waals surface area contributed by atoms with E-state index in [-0.39, 0.29) is 36.2 Å². The van der Waals surface area contributed by atoms with E-state index in [0.717, 1.165) is 5.56 Å². The van der Waals surface area contributed by atoms with Crippen molar-refractivity contribution in [1.29, 1.82) is 0 Å². The number of amides is 2. The molecule has 0 spiro atoms. The first-order chi connectivity index (χ1) is 11.8. The van der Waals surface area contributed by atoms with Crippen molar-refractivity contribution in [2.24, 2.45) is 11.1 Å². The van der Waals surface area contributed by atoms with Crippen LogP contribution in [0.3, 0.4) is 0 Å². The molecule has 2 amide bonds. The molecule has 0 atom stereocenters. The average molecular weight is 381 g/mol. The van der Waals surface area contributed by atoms with Crippen molar-refractivity contribution >= 4 is 29.9 Å². The Labute approximate surface area is 158 Å². The van der Waals surface area contributed by atoms with Crippen molar-refractivity contribution in [2.75, 3.05) is 11.9 Å². The van der Waals surface area contributed by atoms with Crippen LogP contribution in [-0.2, 0) is 16.1 Å². The Kier molecular flexibility index (Phi) is 7.73. The number of nitrogens with zero attached hydrogens (tertiary/aromatic N) is 2. The smallest absolute Gasteiger partial charge is 0.243 e. The second-order valence-corrected chi connectivity index (χ2v) is 6.95. The van der Waals surface area contributed by atoms with Gasteiger partial charge in [-0.1, -0.05) is 20.8 Å². The second-order valence-electron chi connectivity index (χ2n) is 6.95. The number of anilines is 1. The van der Waals surface area contributed by atoms with Crippen LogP contribution in [0, 0.1) is 5.41 Å². The normalized spacial score (nSPS) is 10.8. The number of carbonyl (C=O) groups excluding carboxylic acids is 2. The maximum Gasteiger partial charge on any atom is 0.243 e. The summed E-state index contributed by atoms with van der Waals surface area (Å²) in [6.45, 7) is 6.15. The first kappa shape index (κ1) is 21.6. The molecule has 0 unspecified atom stereocenters. The predicted octanol–water partition coefficient (Wildman–Crippen LogP) is 1.84. The highest BCUT2D eigenvalue weighted by Crippen LogP contribution is 2.18. The lowest BCUT2D eigenvalue weighted by atomic mass is 9.92. The fourth-order valence-electron chi connectivity index (χ4n) is 2.15. The van der Waals surface area contributed by atoms with Crippen LogP contribution in [0.2, 0.25) is 0 Å². The largest absolute Gasteiger partial charge is 0.347 e. The molecule has 0 aliphatic heterocycles. The van der Waals surface area contributed by atoms with E-state index in [0.29, 0.717) is 30.3 Å². The molecule has 26 heavy (non-hydrogen) atoms. The fourth-order valence-corrected chi connectivity index (χ4v) is 2.15. The summed E-state index contributed by atoms with van der Waals surface area (Å²) < 4.78 is 0. The van der Waals surface area contributed by atoms with E-state index >= 15 is 0 Å². The summed E-state index contributed by atoms with van der Waals surface area (Å²) in [6, 6.07) is 7.11. The third kappa shape index (κ3) is 6.81. The number of nitrogens with two attached hydrogens (primary N) is 1. The standard InChI is InChI=1S/C17H24N6O2.ClH/c1-17(2,3)8-14(24)19-10-15(25)20-12-6-4-11(5-7-12)16-21-13(9-18)22-23-16;/h4-7H,8-10,18H2,1-3H3,(H,19,24)(H,20,25)(H,21,22,23);1H. The summed E-state index contributed by atoms with van der Waals surface area (Å²) >= 11 is 0. The van der Waals surface area contributed by atoms with Crippen LogP contribution in [0.1, 0.15) is 33.0 Å². The number of halogens is 1. The molecule has 142 valence electrons. The Morgan fingerprint density at radius 1 is 1.15 bits per heavy atom. The Bertz CT molecular complexity index is 736. The van der Waals surface area contributed by atoms with Gasteiger partial charge in [-0.25, -0.2) is 4.98 Å². The molecule has 0 aliphatic rings. The summed E-state index contributed by atoms with van der Waals surface area (Å²) in [5.41, 5.74) is 6.83. The van der Waals surface area contributed by atoms with Crippen molar-refractivity contribution in [2.45, 2.75) is 33.7 Å². The first-order valence-electron chi connectivity index (χ1n) is 8.05. The lowest BCUT2D eigenvalue weighted by Crippen LogP contribution is -2.34. The van der Waals surface area contributed by atoms with E-state index < -0.39 is 0 Å². The number of aromatic amines is 1. The number of carbonyl (C=O) groups is 2. The zero-order chi connectivity index (χ0) is 18.4. The highest BCUT2D eigenvalue weighted by molar-refractivity contribution is 5.94. The molecule has 0 bridgehead atoms. The number of nitrogens with one attached hydrogen (secondary N) is 3. The van der Waals surface area contributed by atoms with Gasteiger partial charge in [0.05, 0.1) is 13.1 Å². The molecule has 1 aromatic carbocycles. The Morgan fingerprint density at radius 2 is 1.81 bits per heavy atom. The topological polar surface area (TPSA) is 126 Å². The van der Waals surface area contributed by atoms with Gasteiger partial charge < -0.3 is 16.4 Å². The van der Waals surface area contributed by atoms with Crippen LogP contribution in [0.4, 0.5) is 5.69 Å². The summed E-state index contributed by atoms with van der Waals surface area (Å²) in [6.07, 6.45) is 0.371. The van der Waals surface area contributed by atoms with Crippen molar-refractivity contribution in [3.8, 4) is 11.4 Å². The van der Waals surface area contributed by atoms with Gasteiger partial charge in [0.1, 0.15) is 5.82 Å². The van der Waals surface area contributed by atoms with Gasteiger partial charge in [-0.2, -0.15) is 5.10 Å². The summed E-state index contributed by atoms with van der Waals surface area (Å²) in [4.78, 5) is 27.9. The monoisotopic (exact) mass is 380 g/mol. The molecular weight excluding hydrogens is 356 g/mol. The zero-order valence-electron chi connectivity index (χ0n) is 15.1. The van der Waals surface area contributed by atoms with E-state index in [1.54, 1.807) is 24.3 Å². The molecule has 1 aromatic heterocycles. The number of hydrogen-bond donors (Lipinski definition) is 4. The average Bonchev–Trinajstić information content (AvgIpc) is 3.01. The molecule has 9 heteroatoms. The van der Waals surface area contributed by atoms with Crippen molar-refractivity contribution in [3.63, 3.8) is 0 Å². The SMILES string of the molecule is CC(C)(C)CC(=O)NCC(=O)Nc1ccc(-c2n[nH]c(CN)n2)cc1.Cl. The van der Waals surface area contributed by atoms with Gasteiger partial charge in [0.25, 0.3) is 0 Å². The minimum absolute atomic E-state index is 0. The third-order valence-electron chi connectivity index (χ3n) is 3.29. The summed E-state index contributed by atoms with van der Waals surface area (Å²) in [5.74, 6) is 0.739. The van der Waals surface area contributed by atoms with E-state index in [9.17, 15) is 9.59 Å². The number of H-pyrrole nitrogens is 1. The van der Waals surface area contributed by atoms with Gasteiger partial charge in [-0.3, -0.25) is 14.7 Å². The highest BCUT2D eigenvalue weighted by atomic mass is 35.5. The van der Waals surface area contributed by atoms with E-state index in [4.69, 9.17) is 5.73 Å². The second kappa shape index (κ2) is 9.30. The molecule has 0 fully saturated rings. The number of aromatic nitrogens is 3. The van der Waals surface area contributed by atoms with Crippen molar-refractivity contribution in [1.82, 2.24) is 20.5 Å². The summed E-state index contributed by atoms with van der Waals surface area (Å²) in [7, 11) is 0.